The quantitative estimate of drug-likeness (QED) is 0.550. The molecule has 0 aromatic heterocycles. The van der Waals surface area contributed by atoms with Crippen LogP contribution in [0.4, 0.5) is 0 Å². The first kappa shape index (κ1) is 19.8. The number of ketones is 1. The fourth-order valence-electron chi connectivity index (χ4n) is 2.08. The van der Waals surface area contributed by atoms with E-state index in [-0.39, 0.29) is 24.9 Å². The minimum absolute atomic E-state index is 0.0951. The summed E-state index contributed by atoms with van der Waals surface area (Å²) in [6.45, 7) is 6.95. The minimum Gasteiger partial charge on any atom is -0.465 e. The maximum atomic E-state index is 12.3. The summed E-state index contributed by atoms with van der Waals surface area (Å²) in [7, 11) is 0. The highest BCUT2D eigenvalue weighted by atomic mass is 16.5. The number of nitrogens with one attached hydrogen (secondary N) is 1. The Bertz CT molecular complexity index is 556. The molecule has 0 unspecified atom stereocenters. The van der Waals surface area contributed by atoms with E-state index < -0.39 is 24.0 Å². The Labute approximate surface area is 142 Å². The summed E-state index contributed by atoms with van der Waals surface area (Å²) in [5.41, 5.74) is 0.506. The second kappa shape index (κ2) is 9.82. The summed E-state index contributed by atoms with van der Waals surface area (Å²) in [4.78, 5) is 36.3. The first-order valence-corrected chi connectivity index (χ1v) is 8.06. The van der Waals surface area contributed by atoms with Gasteiger partial charge in [0.05, 0.1) is 12.7 Å². The van der Waals surface area contributed by atoms with Crippen LogP contribution in [0.1, 0.15) is 44.5 Å². The van der Waals surface area contributed by atoms with Gasteiger partial charge in [-0.15, -0.1) is 0 Å². The SMILES string of the molecule is CCOC(=O)[C@H](CC(=O)c1ccccc1)N[C@@H](C)C(=O)OC(C)C. The third-order valence-corrected chi connectivity index (χ3v) is 3.21. The van der Waals surface area contributed by atoms with Crippen LogP contribution in [-0.4, -0.2) is 42.5 Å². The van der Waals surface area contributed by atoms with E-state index in [2.05, 4.69) is 5.32 Å². The van der Waals surface area contributed by atoms with Gasteiger partial charge in [-0.2, -0.15) is 0 Å². The topological polar surface area (TPSA) is 81.7 Å². The van der Waals surface area contributed by atoms with Crippen LogP contribution >= 0.6 is 0 Å². The standard InChI is InChI=1S/C18H25NO5/c1-5-23-18(22)15(19-13(4)17(21)24-12(2)3)11-16(20)14-9-7-6-8-10-14/h6-10,12-13,15,19H,5,11H2,1-4H3/t13-,15-/m0/s1. The molecule has 1 N–H and O–H groups in total. The van der Waals surface area contributed by atoms with Gasteiger partial charge in [-0.1, -0.05) is 30.3 Å². The van der Waals surface area contributed by atoms with Crippen LogP contribution in [0.2, 0.25) is 0 Å². The summed E-state index contributed by atoms with van der Waals surface area (Å²) in [6, 6.07) is 7.03. The third-order valence-electron chi connectivity index (χ3n) is 3.21. The first-order chi connectivity index (χ1) is 11.3. The van der Waals surface area contributed by atoms with Gasteiger partial charge < -0.3 is 9.47 Å². The predicted octanol–water partition coefficient (Wildman–Crippen LogP) is 2.12. The van der Waals surface area contributed by atoms with E-state index in [1.807, 2.05) is 6.07 Å². The first-order valence-electron chi connectivity index (χ1n) is 8.06. The Morgan fingerprint density at radius 3 is 2.21 bits per heavy atom. The molecule has 1 aromatic rings. The largest absolute Gasteiger partial charge is 0.465 e. The van der Waals surface area contributed by atoms with Gasteiger partial charge in [0.1, 0.15) is 12.1 Å². The average molecular weight is 335 g/mol. The second-order valence-corrected chi connectivity index (χ2v) is 5.67. The lowest BCUT2D eigenvalue weighted by Gasteiger charge is -2.21. The zero-order chi connectivity index (χ0) is 18.1. The van der Waals surface area contributed by atoms with Crippen molar-refractivity contribution in [1.29, 1.82) is 0 Å². The van der Waals surface area contributed by atoms with Crippen molar-refractivity contribution >= 4 is 17.7 Å². The van der Waals surface area contributed by atoms with E-state index in [9.17, 15) is 14.4 Å². The number of ether oxygens (including phenoxy) is 2. The number of rotatable bonds is 9. The number of Topliss-reactive ketones (excluding diaryl/α,β-unsaturated/α-hetero) is 1. The number of carbonyl (C=O) groups excluding carboxylic acids is 3. The second-order valence-electron chi connectivity index (χ2n) is 5.67. The Balaban J connectivity index is 2.79. The molecule has 0 radical (unpaired) electrons. The fraction of sp³-hybridized carbons (Fsp3) is 0.500. The number of hydrogen-bond acceptors (Lipinski definition) is 6. The van der Waals surface area contributed by atoms with Gasteiger partial charge in [0.25, 0.3) is 0 Å². The van der Waals surface area contributed by atoms with Gasteiger partial charge in [0, 0.05) is 12.0 Å². The Morgan fingerprint density at radius 2 is 1.67 bits per heavy atom. The molecule has 0 amide bonds. The lowest BCUT2D eigenvalue weighted by Crippen LogP contribution is -2.48. The molecule has 0 saturated carbocycles. The van der Waals surface area contributed by atoms with E-state index in [1.165, 1.54) is 0 Å². The molecule has 6 nitrogen and oxygen atoms in total. The highest BCUT2D eigenvalue weighted by Crippen LogP contribution is 2.08. The van der Waals surface area contributed by atoms with Crippen molar-refractivity contribution in [2.24, 2.45) is 0 Å². The maximum absolute atomic E-state index is 12.3. The summed E-state index contributed by atoms with van der Waals surface area (Å²) in [5, 5.41) is 2.84. The Morgan fingerprint density at radius 1 is 1.04 bits per heavy atom. The number of hydrogen-bond donors (Lipinski definition) is 1. The van der Waals surface area contributed by atoms with E-state index in [0.29, 0.717) is 5.56 Å². The molecule has 0 aliphatic rings. The van der Waals surface area contributed by atoms with Gasteiger partial charge in [-0.25, -0.2) is 0 Å². The highest BCUT2D eigenvalue weighted by molar-refractivity contribution is 5.99. The normalized spacial score (nSPS) is 13.2. The summed E-state index contributed by atoms with van der Waals surface area (Å²) in [6.07, 6.45) is -0.351. The van der Waals surface area contributed by atoms with Crippen LogP contribution in [0.3, 0.4) is 0 Å². The molecule has 0 spiro atoms. The van der Waals surface area contributed by atoms with Crippen molar-refractivity contribution in [3.63, 3.8) is 0 Å². The molecule has 2 atom stereocenters. The lowest BCUT2D eigenvalue weighted by molar-refractivity contribution is -0.151. The van der Waals surface area contributed by atoms with Gasteiger partial charge in [0.15, 0.2) is 5.78 Å². The van der Waals surface area contributed by atoms with Crippen molar-refractivity contribution < 1.29 is 23.9 Å². The van der Waals surface area contributed by atoms with Crippen molar-refractivity contribution in [3.8, 4) is 0 Å². The maximum Gasteiger partial charge on any atom is 0.323 e. The molecule has 24 heavy (non-hydrogen) atoms. The molecule has 0 heterocycles. The number of carbonyl (C=O) groups is 3. The molecule has 0 aliphatic heterocycles. The van der Waals surface area contributed by atoms with E-state index in [1.54, 1.807) is 52.0 Å². The number of esters is 2. The molecule has 132 valence electrons. The molecule has 0 aliphatic carbocycles. The van der Waals surface area contributed by atoms with Crippen LogP contribution in [0, 0.1) is 0 Å². The van der Waals surface area contributed by atoms with Crippen LogP contribution < -0.4 is 5.32 Å². The third kappa shape index (κ3) is 6.50. The van der Waals surface area contributed by atoms with E-state index in [4.69, 9.17) is 9.47 Å². The lowest BCUT2D eigenvalue weighted by atomic mass is 10.0. The molecular formula is C18H25NO5. The molecule has 6 heteroatoms. The monoisotopic (exact) mass is 335 g/mol. The zero-order valence-corrected chi connectivity index (χ0v) is 14.6. The van der Waals surface area contributed by atoms with Crippen molar-refractivity contribution in [2.75, 3.05) is 6.61 Å². The van der Waals surface area contributed by atoms with E-state index in [0.717, 1.165) is 0 Å². The number of benzene rings is 1. The zero-order valence-electron chi connectivity index (χ0n) is 14.6. The molecule has 1 rings (SSSR count). The van der Waals surface area contributed by atoms with E-state index >= 15 is 0 Å². The van der Waals surface area contributed by atoms with Crippen LogP contribution in [0.25, 0.3) is 0 Å². The smallest absolute Gasteiger partial charge is 0.323 e. The minimum atomic E-state index is -0.910. The van der Waals surface area contributed by atoms with Crippen molar-refractivity contribution in [3.05, 3.63) is 35.9 Å². The molecule has 0 fully saturated rings. The summed E-state index contributed by atoms with van der Waals surface area (Å²) >= 11 is 0. The average Bonchev–Trinajstić information content (AvgIpc) is 2.54. The van der Waals surface area contributed by atoms with Gasteiger partial charge in [-0.05, 0) is 27.7 Å². The Kier molecular flexibility index (Phi) is 8.12. The summed E-state index contributed by atoms with van der Waals surface area (Å²) < 4.78 is 10.1. The molecule has 1 aromatic carbocycles. The molecule has 0 saturated heterocycles. The van der Waals surface area contributed by atoms with Gasteiger partial charge in [0.2, 0.25) is 0 Å². The Hall–Kier alpha value is -2.21. The summed E-state index contributed by atoms with van der Waals surface area (Å²) in [5.74, 6) is -1.25. The highest BCUT2D eigenvalue weighted by Gasteiger charge is 2.28. The predicted molar refractivity (Wildman–Crippen MR) is 89.6 cm³/mol. The van der Waals surface area contributed by atoms with Crippen molar-refractivity contribution in [1.82, 2.24) is 5.32 Å². The fourth-order valence-corrected chi connectivity index (χ4v) is 2.08. The van der Waals surface area contributed by atoms with Gasteiger partial charge >= 0.3 is 11.9 Å². The van der Waals surface area contributed by atoms with Crippen LogP contribution in [-0.2, 0) is 19.1 Å². The van der Waals surface area contributed by atoms with Crippen LogP contribution in [0.15, 0.2) is 30.3 Å². The van der Waals surface area contributed by atoms with Crippen molar-refractivity contribution in [2.45, 2.75) is 52.3 Å². The molecule has 0 bridgehead atoms. The molecular weight excluding hydrogens is 310 g/mol. The van der Waals surface area contributed by atoms with Gasteiger partial charge in [-0.3, -0.25) is 19.7 Å². The van der Waals surface area contributed by atoms with Crippen LogP contribution in [0.5, 0.6) is 0 Å².